The van der Waals surface area contributed by atoms with Crippen LogP contribution in [0.3, 0.4) is 0 Å². The maximum absolute atomic E-state index is 13.5. The number of allylic oxidation sites excluding steroid dienone is 1. The standard InChI is InChI=1S/C35H35N3O6/c1-22(40)38-19-30(28-5-3-4-6-32(28)38)26-15-33(44-34(16-26)43-21-24-9-7-23(20-39)8-10-24)35(41)36-14-13-25-18-37-31-12-11-27(42-2)17-29(25)31/h3-12,15,17-19,26,34,37,39H,13-14,16,20-21H2,1-2H3,(H,36,41)/t26-,34+/m0/s1. The Labute approximate surface area is 255 Å². The number of benzene rings is 3. The molecule has 3 N–H and O–H groups in total. The van der Waals surface area contributed by atoms with Crippen molar-refractivity contribution in [1.29, 1.82) is 0 Å². The molecule has 2 atom stereocenters. The number of hydrogen-bond donors (Lipinski definition) is 3. The number of para-hydroxylation sites is 1. The van der Waals surface area contributed by atoms with Crippen LogP contribution in [0.1, 0.15) is 46.3 Å². The zero-order valence-electron chi connectivity index (χ0n) is 24.7. The van der Waals surface area contributed by atoms with Crippen molar-refractivity contribution in [2.45, 2.75) is 45.2 Å². The Morgan fingerprint density at radius 2 is 1.86 bits per heavy atom. The summed E-state index contributed by atoms with van der Waals surface area (Å²) in [5.41, 5.74) is 5.56. The number of amides is 1. The lowest BCUT2D eigenvalue weighted by molar-refractivity contribution is -0.150. The van der Waals surface area contributed by atoms with E-state index in [1.807, 2.05) is 85.2 Å². The van der Waals surface area contributed by atoms with Crippen LogP contribution in [0.4, 0.5) is 0 Å². The van der Waals surface area contributed by atoms with Gasteiger partial charge in [0.1, 0.15) is 5.75 Å². The average Bonchev–Trinajstić information content (AvgIpc) is 3.65. The second-order valence-electron chi connectivity index (χ2n) is 10.9. The molecule has 9 nitrogen and oxygen atoms in total. The van der Waals surface area contributed by atoms with E-state index in [0.29, 0.717) is 19.4 Å². The number of aliphatic hydroxyl groups excluding tert-OH is 1. The van der Waals surface area contributed by atoms with Gasteiger partial charge < -0.3 is 29.6 Å². The number of fused-ring (bicyclic) bond motifs is 2. The average molecular weight is 594 g/mol. The molecule has 3 heterocycles. The molecular formula is C35H35N3O6. The summed E-state index contributed by atoms with van der Waals surface area (Å²) >= 11 is 0. The van der Waals surface area contributed by atoms with Crippen LogP contribution in [0.25, 0.3) is 21.8 Å². The topological polar surface area (TPSA) is 115 Å². The number of ether oxygens (including phenoxy) is 3. The van der Waals surface area contributed by atoms with Gasteiger partial charge in [-0.15, -0.1) is 0 Å². The highest BCUT2D eigenvalue weighted by Gasteiger charge is 2.31. The fraction of sp³-hybridized carbons (Fsp3) is 0.257. The fourth-order valence-corrected chi connectivity index (χ4v) is 5.72. The van der Waals surface area contributed by atoms with Crippen LogP contribution in [0.5, 0.6) is 5.75 Å². The van der Waals surface area contributed by atoms with Gasteiger partial charge in [0.2, 0.25) is 12.2 Å². The predicted octanol–water partition coefficient (Wildman–Crippen LogP) is 5.57. The molecular weight excluding hydrogens is 558 g/mol. The summed E-state index contributed by atoms with van der Waals surface area (Å²) in [6, 6.07) is 21.1. The van der Waals surface area contributed by atoms with Crippen molar-refractivity contribution < 1.29 is 28.9 Å². The molecule has 226 valence electrons. The maximum atomic E-state index is 13.5. The van der Waals surface area contributed by atoms with Crippen LogP contribution < -0.4 is 10.1 Å². The number of methoxy groups -OCH3 is 1. The van der Waals surface area contributed by atoms with Crippen LogP contribution in [0.15, 0.2) is 91.0 Å². The molecule has 0 saturated heterocycles. The van der Waals surface area contributed by atoms with Gasteiger partial charge in [0.05, 0.1) is 25.8 Å². The minimum Gasteiger partial charge on any atom is -0.497 e. The van der Waals surface area contributed by atoms with E-state index in [2.05, 4.69) is 10.3 Å². The first kappa shape index (κ1) is 29.2. The molecule has 0 spiro atoms. The van der Waals surface area contributed by atoms with Crippen LogP contribution in [0, 0.1) is 0 Å². The zero-order valence-corrected chi connectivity index (χ0v) is 24.7. The molecule has 0 bridgehead atoms. The number of aromatic nitrogens is 2. The molecule has 0 aliphatic carbocycles. The number of H-pyrrole nitrogens is 1. The van der Waals surface area contributed by atoms with Gasteiger partial charge in [0.25, 0.3) is 5.91 Å². The van der Waals surface area contributed by atoms with Crippen molar-refractivity contribution in [1.82, 2.24) is 14.9 Å². The van der Waals surface area contributed by atoms with Crippen molar-refractivity contribution >= 4 is 33.6 Å². The minimum atomic E-state index is -0.691. The predicted molar refractivity (Wildman–Crippen MR) is 167 cm³/mol. The lowest BCUT2D eigenvalue weighted by Crippen LogP contribution is -2.33. The monoisotopic (exact) mass is 593 g/mol. The van der Waals surface area contributed by atoms with Crippen LogP contribution in [0.2, 0.25) is 0 Å². The Hall–Kier alpha value is -4.86. The van der Waals surface area contributed by atoms with Gasteiger partial charge in [-0.3, -0.25) is 14.2 Å². The molecule has 0 fully saturated rings. The van der Waals surface area contributed by atoms with Gasteiger partial charge >= 0.3 is 0 Å². The molecule has 1 aliphatic heterocycles. The van der Waals surface area contributed by atoms with Gasteiger partial charge in [-0.05, 0) is 59.0 Å². The summed E-state index contributed by atoms with van der Waals surface area (Å²) in [4.78, 5) is 29.2. The summed E-state index contributed by atoms with van der Waals surface area (Å²) < 4.78 is 19.3. The number of aromatic amines is 1. The number of hydrogen-bond acceptors (Lipinski definition) is 6. The van der Waals surface area contributed by atoms with Crippen LogP contribution in [-0.4, -0.2) is 46.4 Å². The summed E-state index contributed by atoms with van der Waals surface area (Å²) in [6.45, 7) is 2.19. The smallest absolute Gasteiger partial charge is 0.286 e. The Bertz CT molecular complexity index is 1830. The molecule has 6 rings (SSSR count). The van der Waals surface area contributed by atoms with Crippen molar-refractivity contribution in [2.75, 3.05) is 13.7 Å². The Morgan fingerprint density at radius 1 is 1.07 bits per heavy atom. The number of aliphatic hydroxyl groups is 1. The highest BCUT2D eigenvalue weighted by molar-refractivity contribution is 5.95. The normalized spacial score (nSPS) is 16.5. The van der Waals surface area contributed by atoms with Gasteiger partial charge in [-0.2, -0.15) is 0 Å². The molecule has 2 aromatic heterocycles. The van der Waals surface area contributed by atoms with E-state index in [4.69, 9.17) is 14.2 Å². The molecule has 1 amide bonds. The van der Waals surface area contributed by atoms with Crippen molar-refractivity contribution in [3.8, 4) is 5.75 Å². The van der Waals surface area contributed by atoms with Crippen molar-refractivity contribution in [3.05, 3.63) is 113 Å². The zero-order chi connectivity index (χ0) is 30.6. The third-order valence-electron chi connectivity index (χ3n) is 8.06. The second-order valence-corrected chi connectivity index (χ2v) is 10.9. The molecule has 9 heteroatoms. The van der Waals surface area contributed by atoms with Gasteiger partial charge in [-0.1, -0.05) is 42.5 Å². The van der Waals surface area contributed by atoms with Crippen molar-refractivity contribution in [2.24, 2.45) is 0 Å². The molecule has 0 unspecified atom stereocenters. The summed E-state index contributed by atoms with van der Waals surface area (Å²) in [6.07, 6.45) is 6.02. The SMILES string of the molecule is COc1ccc2[nH]cc(CCNC(=O)C3=C[C@H](c4cn(C(C)=O)c5ccccc45)C[C@H](OCc4ccc(CO)cc4)O3)c2c1. The van der Waals surface area contributed by atoms with Crippen LogP contribution in [-0.2, 0) is 33.9 Å². The summed E-state index contributed by atoms with van der Waals surface area (Å²) in [7, 11) is 1.64. The highest BCUT2D eigenvalue weighted by Crippen LogP contribution is 2.37. The second kappa shape index (κ2) is 12.8. The maximum Gasteiger partial charge on any atom is 0.286 e. The molecule has 0 saturated carbocycles. The highest BCUT2D eigenvalue weighted by atomic mass is 16.7. The van der Waals surface area contributed by atoms with Gasteiger partial charge in [0, 0.05) is 54.5 Å². The van der Waals surface area contributed by atoms with E-state index in [0.717, 1.165) is 49.8 Å². The van der Waals surface area contributed by atoms with Gasteiger partial charge in [-0.25, -0.2) is 0 Å². The van der Waals surface area contributed by atoms with Gasteiger partial charge in [0.15, 0.2) is 5.76 Å². The number of carbonyl (C=O) groups excluding carboxylic acids is 2. The molecule has 3 aromatic carbocycles. The number of nitrogens with zero attached hydrogens (tertiary/aromatic N) is 1. The molecule has 5 aromatic rings. The molecule has 1 aliphatic rings. The lowest BCUT2D eigenvalue weighted by Gasteiger charge is -2.29. The lowest BCUT2D eigenvalue weighted by atomic mass is 9.92. The molecule has 44 heavy (non-hydrogen) atoms. The third kappa shape index (κ3) is 6.10. The van der Waals surface area contributed by atoms with E-state index in [1.165, 1.54) is 6.92 Å². The minimum absolute atomic E-state index is 0.0276. The summed E-state index contributed by atoms with van der Waals surface area (Å²) in [5, 5.41) is 14.4. The number of nitrogens with one attached hydrogen (secondary N) is 2. The first-order valence-electron chi connectivity index (χ1n) is 14.7. The van der Waals surface area contributed by atoms with Crippen LogP contribution >= 0.6 is 0 Å². The van der Waals surface area contributed by atoms with E-state index in [1.54, 1.807) is 11.7 Å². The fourth-order valence-electron chi connectivity index (χ4n) is 5.72. The number of carbonyl (C=O) groups is 2. The van der Waals surface area contributed by atoms with E-state index < -0.39 is 6.29 Å². The van der Waals surface area contributed by atoms with E-state index in [9.17, 15) is 14.7 Å². The summed E-state index contributed by atoms with van der Waals surface area (Å²) in [5.74, 6) is 0.314. The first-order valence-corrected chi connectivity index (χ1v) is 14.7. The van der Waals surface area contributed by atoms with E-state index in [-0.39, 0.29) is 36.7 Å². The Morgan fingerprint density at radius 3 is 2.64 bits per heavy atom. The van der Waals surface area contributed by atoms with Crippen molar-refractivity contribution in [3.63, 3.8) is 0 Å². The third-order valence-corrected chi connectivity index (χ3v) is 8.06. The quantitative estimate of drug-likeness (QED) is 0.195. The first-order chi connectivity index (χ1) is 21.4. The molecule has 0 radical (unpaired) electrons. The Kier molecular flexibility index (Phi) is 8.49. The largest absolute Gasteiger partial charge is 0.497 e. The number of rotatable bonds is 10. The van der Waals surface area contributed by atoms with E-state index >= 15 is 0 Å². The Balaban J connectivity index is 1.22.